The lowest BCUT2D eigenvalue weighted by molar-refractivity contribution is -0.135. The SMILES string of the molecule is O=C1Nc2cc(Cl)c(Cl)cc2S[C@]12CCN(C(=O)[C@@]13CNCC1C3)C2. The second-order valence-electron chi connectivity index (χ2n) is 7.48. The molecule has 0 aromatic heterocycles. The Bertz CT molecular complexity index is 819. The fraction of sp³-hybridized carbons (Fsp3) is 0.529. The van der Waals surface area contributed by atoms with Crippen LogP contribution in [0, 0.1) is 11.3 Å². The summed E-state index contributed by atoms with van der Waals surface area (Å²) in [5, 5.41) is 7.17. The third-order valence-corrected chi connectivity index (χ3v) is 8.19. The molecule has 3 heterocycles. The Morgan fingerprint density at radius 1 is 1.32 bits per heavy atom. The summed E-state index contributed by atoms with van der Waals surface area (Å²) in [4.78, 5) is 28.6. The molecule has 1 unspecified atom stereocenters. The largest absolute Gasteiger partial charge is 0.340 e. The topological polar surface area (TPSA) is 61.4 Å². The van der Waals surface area contributed by atoms with Crippen molar-refractivity contribution in [2.45, 2.75) is 22.5 Å². The number of benzene rings is 1. The molecule has 3 fully saturated rings. The first-order valence-corrected chi connectivity index (χ1v) is 10.0. The fourth-order valence-electron chi connectivity index (χ4n) is 4.41. The number of piperidine rings is 1. The number of nitrogens with one attached hydrogen (secondary N) is 2. The van der Waals surface area contributed by atoms with E-state index in [1.807, 2.05) is 4.90 Å². The van der Waals surface area contributed by atoms with Crippen LogP contribution in [0.4, 0.5) is 5.69 Å². The average Bonchev–Trinajstić information content (AvgIpc) is 2.93. The van der Waals surface area contributed by atoms with Crippen molar-refractivity contribution in [1.29, 1.82) is 0 Å². The van der Waals surface area contributed by atoms with Gasteiger partial charge in [-0.15, -0.1) is 11.8 Å². The van der Waals surface area contributed by atoms with Crippen LogP contribution in [0.15, 0.2) is 17.0 Å². The molecule has 1 aliphatic carbocycles. The van der Waals surface area contributed by atoms with Crippen molar-refractivity contribution >= 4 is 52.5 Å². The molecule has 1 aromatic carbocycles. The van der Waals surface area contributed by atoms with Gasteiger partial charge in [0.1, 0.15) is 4.75 Å². The van der Waals surface area contributed by atoms with E-state index in [9.17, 15) is 9.59 Å². The maximum atomic E-state index is 13.0. The maximum absolute atomic E-state index is 13.0. The molecule has 0 radical (unpaired) electrons. The minimum atomic E-state index is -0.632. The number of carbonyl (C=O) groups excluding carboxylic acids is 2. The first-order valence-electron chi connectivity index (χ1n) is 8.43. The Balaban J connectivity index is 1.40. The zero-order valence-electron chi connectivity index (χ0n) is 13.4. The minimum absolute atomic E-state index is 0.0481. The fourth-order valence-corrected chi connectivity index (χ4v) is 6.18. The first kappa shape index (κ1) is 16.2. The van der Waals surface area contributed by atoms with Crippen LogP contribution in [0.2, 0.25) is 10.0 Å². The summed E-state index contributed by atoms with van der Waals surface area (Å²) in [5.74, 6) is 0.645. The zero-order valence-corrected chi connectivity index (χ0v) is 15.7. The summed E-state index contributed by atoms with van der Waals surface area (Å²) in [7, 11) is 0. The number of halogens is 2. The Morgan fingerprint density at radius 2 is 2.12 bits per heavy atom. The minimum Gasteiger partial charge on any atom is -0.340 e. The molecule has 25 heavy (non-hydrogen) atoms. The number of amides is 2. The number of thioether (sulfide) groups is 1. The number of likely N-dealkylation sites (tertiary alicyclic amines) is 1. The van der Waals surface area contributed by atoms with Crippen LogP contribution in [-0.2, 0) is 9.59 Å². The Morgan fingerprint density at radius 3 is 2.84 bits per heavy atom. The highest BCUT2D eigenvalue weighted by atomic mass is 35.5. The van der Waals surface area contributed by atoms with Gasteiger partial charge in [-0.3, -0.25) is 9.59 Å². The van der Waals surface area contributed by atoms with Gasteiger partial charge in [0.05, 0.1) is 21.1 Å². The summed E-state index contributed by atoms with van der Waals surface area (Å²) in [6, 6.07) is 3.48. The number of fused-ring (bicyclic) bond motifs is 2. The van der Waals surface area contributed by atoms with Gasteiger partial charge in [-0.05, 0) is 37.4 Å². The Hall–Kier alpha value is -0.950. The second kappa shape index (κ2) is 5.28. The number of rotatable bonds is 1. The van der Waals surface area contributed by atoms with E-state index in [1.54, 1.807) is 12.1 Å². The van der Waals surface area contributed by atoms with Crippen LogP contribution < -0.4 is 10.6 Å². The molecule has 8 heteroatoms. The predicted octanol–water partition coefficient (Wildman–Crippen LogP) is 2.62. The highest BCUT2D eigenvalue weighted by Crippen LogP contribution is 2.57. The van der Waals surface area contributed by atoms with E-state index in [0.717, 1.165) is 24.4 Å². The van der Waals surface area contributed by atoms with Crippen LogP contribution in [0.3, 0.4) is 0 Å². The van der Waals surface area contributed by atoms with E-state index in [-0.39, 0.29) is 17.2 Å². The molecule has 2 saturated heterocycles. The van der Waals surface area contributed by atoms with Crippen molar-refractivity contribution in [3.63, 3.8) is 0 Å². The molecule has 5 nitrogen and oxygen atoms in total. The van der Waals surface area contributed by atoms with Crippen molar-refractivity contribution in [3.8, 4) is 0 Å². The van der Waals surface area contributed by atoms with Gasteiger partial charge >= 0.3 is 0 Å². The molecule has 1 aromatic rings. The summed E-state index contributed by atoms with van der Waals surface area (Å²) < 4.78 is -0.632. The molecule has 0 bridgehead atoms. The molecular formula is C17H17Cl2N3O2S. The van der Waals surface area contributed by atoms with Gasteiger partial charge < -0.3 is 15.5 Å². The monoisotopic (exact) mass is 397 g/mol. The maximum Gasteiger partial charge on any atom is 0.242 e. The lowest BCUT2D eigenvalue weighted by atomic mass is 10.0. The quantitative estimate of drug-likeness (QED) is 0.764. The Labute approximate surface area is 159 Å². The van der Waals surface area contributed by atoms with Crippen molar-refractivity contribution < 1.29 is 9.59 Å². The van der Waals surface area contributed by atoms with Crippen LogP contribution >= 0.6 is 35.0 Å². The normalized spacial score (nSPS) is 35.5. The number of carbonyl (C=O) groups is 2. The lowest BCUT2D eigenvalue weighted by Gasteiger charge is -2.33. The molecule has 3 aliphatic heterocycles. The molecule has 132 valence electrons. The third-order valence-electron chi connectivity index (χ3n) is 6.00. The van der Waals surface area contributed by atoms with Crippen molar-refractivity contribution in [3.05, 3.63) is 22.2 Å². The predicted molar refractivity (Wildman–Crippen MR) is 98.3 cm³/mol. The smallest absolute Gasteiger partial charge is 0.242 e. The van der Waals surface area contributed by atoms with Gasteiger partial charge in [-0.25, -0.2) is 0 Å². The van der Waals surface area contributed by atoms with Crippen LogP contribution in [-0.4, -0.2) is 47.6 Å². The summed E-state index contributed by atoms with van der Waals surface area (Å²) in [6.07, 6.45) is 1.64. The molecule has 1 spiro atoms. The molecule has 5 rings (SSSR count). The molecule has 3 atom stereocenters. The van der Waals surface area contributed by atoms with Gasteiger partial charge in [-0.1, -0.05) is 23.2 Å². The van der Waals surface area contributed by atoms with E-state index in [1.165, 1.54) is 11.8 Å². The van der Waals surface area contributed by atoms with E-state index >= 15 is 0 Å². The zero-order chi connectivity index (χ0) is 17.4. The average molecular weight is 398 g/mol. The van der Waals surface area contributed by atoms with Gasteiger partial charge in [0, 0.05) is 24.5 Å². The number of hydrogen-bond acceptors (Lipinski definition) is 4. The van der Waals surface area contributed by atoms with E-state index in [2.05, 4.69) is 10.6 Å². The van der Waals surface area contributed by atoms with Crippen molar-refractivity contribution in [2.24, 2.45) is 11.3 Å². The molecule has 2 N–H and O–H groups in total. The van der Waals surface area contributed by atoms with Crippen LogP contribution in [0.5, 0.6) is 0 Å². The van der Waals surface area contributed by atoms with E-state index < -0.39 is 4.75 Å². The summed E-state index contributed by atoms with van der Waals surface area (Å²) in [6.45, 7) is 2.80. The van der Waals surface area contributed by atoms with Crippen molar-refractivity contribution in [2.75, 3.05) is 31.5 Å². The van der Waals surface area contributed by atoms with Gasteiger partial charge in [0.2, 0.25) is 11.8 Å². The van der Waals surface area contributed by atoms with Gasteiger partial charge in [-0.2, -0.15) is 0 Å². The van der Waals surface area contributed by atoms with Crippen LogP contribution in [0.25, 0.3) is 0 Å². The highest BCUT2D eigenvalue weighted by Gasteiger charge is 2.64. The molecular weight excluding hydrogens is 381 g/mol. The molecule has 2 amide bonds. The van der Waals surface area contributed by atoms with Crippen molar-refractivity contribution in [1.82, 2.24) is 10.2 Å². The van der Waals surface area contributed by atoms with Gasteiger partial charge in [0.15, 0.2) is 0 Å². The van der Waals surface area contributed by atoms with Gasteiger partial charge in [0.25, 0.3) is 0 Å². The standard InChI is InChI=1S/C17H17Cl2N3O2S/c18-10-3-12-13(4-11(10)19)25-17(14(23)21-12)1-2-22(8-17)15(24)16-5-9(16)6-20-7-16/h3-4,9,20H,1-2,5-8H2,(H,21,23)/t9?,16-,17-/m0/s1. The van der Waals surface area contributed by atoms with E-state index in [4.69, 9.17) is 23.2 Å². The van der Waals surface area contributed by atoms with Crippen LogP contribution in [0.1, 0.15) is 12.8 Å². The van der Waals surface area contributed by atoms with E-state index in [0.29, 0.717) is 41.2 Å². The number of nitrogens with zero attached hydrogens (tertiary/aromatic N) is 1. The lowest BCUT2D eigenvalue weighted by Crippen LogP contribution is -2.47. The Kier molecular flexibility index (Phi) is 3.43. The summed E-state index contributed by atoms with van der Waals surface area (Å²) >= 11 is 13.7. The number of hydrogen-bond donors (Lipinski definition) is 2. The molecule has 1 saturated carbocycles. The second-order valence-corrected chi connectivity index (χ2v) is 9.72. The third kappa shape index (κ3) is 2.27. The first-order chi connectivity index (χ1) is 11.9. The highest BCUT2D eigenvalue weighted by molar-refractivity contribution is 8.01. The molecule has 4 aliphatic rings. The number of anilines is 1. The summed E-state index contributed by atoms with van der Waals surface area (Å²) in [5.41, 5.74) is 0.497.